The minimum absolute atomic E-state index is 0.198. The van der Waals surface area contributed by atoms with Gasteiger partial charge in [-0.3, -0.25) is 0 Å². The fourth-order valence-electron chi connectivity index (χ4n) is 1.56. The van der Waals surface area contributed by atoms with Gasteiger partial charge in [-0.2, -0.15) is 0 Å². The maximum Gasteiger partial charge on any atom is 0.0497 e. The summed E-state index contributed by atoms with van der Waals surface area (Å²) in [5.41, 5.74) is 3.66. The summed E-state index contributed by atoms with van der Waals surface area (Å²) in [6, 6.07) is 6.35. The van der Waals surface area contributed by atoms with Crippen molar-refractivity contribution in [3.63, 3.8) is 0 Å². The number of aliphatic hydroxyl groups excluding tert-OH is 1. The number of aryl methyl sites for hydroxylation is 1. The van der Waals surface area contributed by atoms with Crippen molar-refractivity contribution in [3.05, 3.63) is 29.3 Å². The maximum absolute atomic E-state index is 9.15. The normalized spacial score (nSPS) is 12.6. The van der Waals surface area contributed by atoms with Gasteiger partial charge in [0.25, 0.3) is 0 Å². The Morgan fingerprint density at radius 2 is 2.00 bits per heavy atom. The van der Waals surface area contributed by atoms with E-state index in [-0.39, 0.29) is 12.5 Å². The van der Waals surface area contributed by atoms with E-state index in [4.69, 9.17) is 5.11 Å². The highest BCUT2D eigenvalue weighted by atomic mass is 16.3. The predicted molar refractivity (Wildman–Crippen MR) is 61.0 cm³/mol. The highest BCUT2D eigenvalue weighted by molar-refractivity contribution is 5.55. The number of hydrogen-bond donors (Lipinski definition) is 1. The van der Waals surface area contributed by atoms with Crippen LogP contribution in [0.25, 0.3) is 0 Å². The van der Waals surface area contributed by atoms with Gasteiger partial charge < -0.3 is 10.0 Å². The van der Waals surface area contributed by atoms with Gasteiger partial charge in [-0.05, 0) is 24.1 Å². The van der Waals surface area contributed by atoms with Crippen LogP contribution in [0.2, 0.25) is 0 Å². The molecule has 0 saturated heterocycles. The largest absolute Gasteiger partial charge is 0.396 e. The Morgan fingerprint density at radius 3 is 2.50 bits per heavy atom. The van der Waals surface area contributed by atoms with E-state index in [0.717, 1.165) is 0 Å². The average molecular weight is 193 g/mol. The highest BCUT2D eigenvalue weighted by Crippen LogP contribution is 2.27. The summed E-state index contributed by atoms with van der Waals surface area (Å²) in [7, 11) is 4.06. The first-order valence-electron chi connectivity index (χ1n) is 4.95. The lowest BCUT2D eigenvalue weighted by atomic mass is 9.98. The summed E-state index contributed by atoms with van der Waals surface area (Å²) in [4.78, 5) is 2.09. The third-order valence-corrected chi connectivity index (χ3v) is 2.47. The van der Waals surface area contributed by atoms with E-state index in [1.165, 1.54) is 16.8 Å². The van der Waals surface area contributed by atoms with E-state index in [1.54, 1.807) is 0 Å². The van der Waals surface area contributed by atoms with Crippen molar-refractivity contribution in [2.75, 3.05) is 25.6 Å². The molecular formula is C12H19NO. The average Bonchev–Trinajstić information content (AvgIpc) is 2.16. The Balaban J connectivity index is 3.14. The molecule has 14 heavy (non-hydrogen) atoms. The third-order valence-electron chi connectivity index (χ3n) is 2.47. The van der Waals surface area contributed by atoms with Crippen molar-refractivity contribution in [2.45, 2.75) is 19.8 Å². The van der Waals surface area contributed by atoms with Crippen molar-refractivity contribution in [1.82, 2.24) is 0 Å². The van der Waals surface area contributed by atoms with E-state index in [1.807, 2.05) is 21.0 Å². The zero-order valence-corrected chi connectivity index (χ0v) is 9.41. The Kier molecular flexibility index (Phi) is 3.53. The molecule has 0 fully saturated rings. The molecular weight excluding hydrogens is 174 g/mol. The molecule has 0 spiro atoms. The van der Waals surface area contributed by atoms with Crippen molar-refractivity contribution in [3.8, 4) is 0 Å². The van der Waals surface area contributed by atoms with Gasteiger partial charge in [0.05, 0.1) is 0 Å². The number of aliphatic hydroxyl groups is 1. The Labute approximate surface area is 86.2 Å². The summed E-state index contributed by atoms with van der Waals surface area (Å²) < 4.78 is 0. The summed E-state index contributed by atoms with van der Waals surface area (Å²) in [6.07, 6.45) is 0. The molecule has 0 aliphatic carbocycles. The summed E-state index contributed by atoms with van der Waals surface area (Å²) in [5, 5.41) is 9.15. The molecule has 78 valence electrons. The van der Waals surface area contributed by atoms with Crippen LogP contribution in [0.5, 0.6) is 0 Å². The van der Waals surface area contributed by atoms with Crippen LogP contribution >= 0.6 is 0 Å². The monoisotopic (exact) mass is 193 g/mol. The molecule has 1 aromatic carbocycles. The number of rotatable bonds is 3. The number of benzene rings is 1. The highest BCUT2D eigenvalue weighted by Gasteiger charge is 2.10. The quantitative estimate of drug-likeness (QED) is 0.795. The number of nitrogens with zero attached hydrogens (tertiary/aromatic N) is 1. The lowest BCUT2D eigenvalue weighted by Gasteiger charge is -2.21. The molecule has 0 aliphatic rings. The fourth-order valence-corrected chi connectivity index (χ4v) is 1.56. The molecule has 0 aliphatic heterocycles. The first-order chi connectivity index (χ1) is 6.56. The van der Waals surface area contributed by atoms with Gasteiger partial charge in [-0.25, -0.2) is 0 Å². The minimum atomic E-state index is 0.198. The van der Waals surface area contributed by atoms with E-state index in [0.29, 0.717) is 0 Å². The molecule has 0 heterocycles. The van der Waals surface area contributed by atoms with E-state index >= 15 is 0 Å². The number of hydrogen-bond acceptors (Lipinski definition) is 2. The van der Waals surface area contributed by atoms with Crippen LogP contribution in [0.15, 0.2) is 18.2 Å². The van der Waals surface area contributed by atoms with Gasteiger partial charge in [0.1, 0.15) is 0 Å². The zero-order chi connectivity index (χ0) is 10.7. The second-order valence-electron chi connectivity index (χ2n) is 4.04. The summed E-state index contributed by atoms with van der Waals surface area (Å²) >= 11 is 0. The predicted octanol–water partition coefficient (Wildman–Crippen LogP) is 2.16. The second kappa shape index (κ2) is 4.47. The van der Waals surface area contributed by atoms with E-state index in [2.05, 4.69) is 30.0 Å². The molecule has 1 N–H and O–H groups in total. The van der Waals surface area contributed by atoms with Crippen molar-refractivity contribution < 1.29 is 5.11 Å². The molecule has 1 aromatic rings. The van der Waals surface area contributed by atoms with Crippen LogP contribution in [0.3, 0.4) is 0 Å². The van der Waals surface area contributed by atoms with Gasteiger partial charge in [0.15, 0.2) is 0 Å². The Bertz CT molecular complexity index is 307. The molecule has 0 aromatic heterocycles. The van der Waals surface area contributed by atoms with Crippen LogP contribution in [0.1, 0.15) is 24.0 Å². The summed E-state index contributed by atoms with van der Waals surface area (Å²) in [5.74, 6) is 0.202. The van der Waals surface area contributed by atoms with Gasteiger partial charge in [0, 0.05) is 32.3 Å². The third kappa shape index (κ3) is 2.26. The molecule has 1 unspecified atom stereocenters. The fraction of sp³-hybridized carbons (Fsp3) is 0.500. The van der Waals surface area contributed by atoms with Gasteiger partial charge in [0.2, 0.25) is 0 Å². The Hall–Kier alpha value is -1.02. The molecule has 0 bridgehead atoms. The first-order valence-corrected chi connectivity index (χ1v) is 4.95. The molecule has 0 saturated carbocycles. The standard InChI is InChI=1S/C12H19NO/c1-9-5-6-11(10(2)8-14)12(7-9)13(3)4/h5-7,10,14H,8H2,1-4H3. The molecule has 2 heteroatoms. The Morgan fingerprint density at radius 1 is 1.36 bits per heavy atom. The first kappa shape index (κ1) is 11.1. The smallest absolute Gasteiger partial charge is 0.0497 e. The number of anilines is 1. The van der Waals surface area contributed by atoms with Crippen LogP contribution in [-0.2, 0) is 0 Å². The second-order valence-corrected chi connectivity index (χ2v) is 4.04. The topological polar surface area (TPSA) is 23.5 Å². The van der Waals surface area contributed by atoms with Gasteiger partial charge >= 0.3 is 0 Å². The van der Waals surface area contributed by atoms with Crippen LogP contribution in [-0.4, -0.2) is 25.8 Å². The van der Waals surface area contributed by atoms with E-state index < -0.39 is 0 Å². The van der Waals surface area contributed by atoms with E-state index in [9.17, 15) is 0 Å². The zero-order valence-electron chi connectivity index (χ0n) is 9.41. The van der Waals surface area contributed by atoms with Crippen LogP contribution < -0.4 is 4.90 Å². The van der Waals surface area contributed by atoms with Gasteiger partial charge in [-0.1, -0.05) is 19.1 Å². The van der Waals surface area contributed by atoms with Crippen molar-refractivity contribution in [1.29, 1.82) is 0 Å². The van der Waals surface area contributed by atoms with Gasteiger partial charge in [-0.15, -0.1) is 0 Å². The lowest BCUT2D eigenvalue weighted by Crippen LogP contribution is -2.13. The van der Waals surface area contributed by atoms with Crippen molar-refractivity contribution >= 4 is 5.69 Å². The van der Waals surface area contributed by atoms with Crippen LogP contribution in [0.4, 0.5) is 5.69 Å². The summed E-state index contributed by atoms with van der Waals surface area (Å²) in [6.45, 7) is 4.32. The minimum Gasteiger partial charge on any atom is -0.396 e. The van der Waals surface area contributed by atoms with Crippen LogP contribution in [0, 0.1) is 6.92 Å². The SMILES string of the molecule is Cc1ccc(C(C)CO)c(N(C)C)c1. The van der Waals surface area contributed by atoms with Crippen molar-refractivity contribution in [2.24, 2.45) is 0 Å². The molecule has 2 nitrogen and oxygen atoms in total. The molecule has 1 rings (SSSR count). The maximum atomic E-state index is 9.15. The molecule has 0 amide bonds. The molecule has 1 atom stereocenters. The lowest BCUT2D eigenvalue weighted by molar-refractivity contribution is 0.273. The molecule has 0 radical (unpaired) electrons.